The summed E-state index contributed by atoms with van der Waals surface area (Å²) in [5, 5.41) is 0. The Balaban J connectivity index is 2.06. The molecule has 4 N–H and O–H groups in total. The van der Waals surface area contributed by atoms with Crippen molar-refractivity contribution in [2.45, 2.75) is 31.6 Å². The number of nitrogens with one attached hydrogen (secondary N) is 2. The summed E-state index contributed by atoms with van der Waals surface area (Å²) in [5.41, 5.74) is 2.37. The summed E-state index contributed by atoms with van der Waals surface area (Å²) in [4.78, 5) is 7.63. The smallest absolute Gasteiger partial charge is 0.243 e. The maximum Gasteiger partial charge on any atom is 0.243 e. The number of hydrogen-bond donors (Lipinski definition) is 3. The number of hydrogen-bond acceptors (Lipinski definition) is 6. The monoisotopic (exact) mass is 285 g/mol. The van der Waals surface area contributed by atoms with Crippen molar-refractivity contribution in [2.75, 3.05) is 12.0 Å². The van der Waals surface area contributed by atoms with Gasteiger partial charge in [0.2, 0.25) is 16.0 Å². The molecule has 7 nitrogen and oxygen atoms in total. The van der Waals surface area contributed by atoms with Crippen LogP contribution in [0.2, 0.25) is 0 Å². The van der Waals surface area contributed by atoms with Crippen molar-refractivity contribution in [2.24, 2.45) is 17.2 Å². The lowest BCUT2D eigenvalue weighted by Gasteiger charge is -2.19. The van der Waals surface area contributed by atoms with Crippen molar-refractivity contribution in [3.05, 3.63) is 12.4 Å². The Hall–Kier alpha value is -1.25. The number of nitrogen functional groups attached to an aromatic ring is 1. The number of hydrazine groups is 1. The molecule has 19 heavy (non-hydrogen) atoms. The number of rotatable bonds is 6. The largest absolute Gasteiger partial charge is 0.292 e. The summed E-state index contributed by atoms with van der Waals surface area (Å²) in [7, 11) is -3.56. The Morgan fingerprint density at radius 3 is 2.37 bits per heavy atom. The molecule has 2 rings (SSSR count). The van der Waals surface area contributed by atoms with Crippen molar-refractivity contribution in [1.29, 1.82) is 0 Å². The van der Waals surface area contributed by atoms with Crippen LogP contribution < -0.4 is 16.0 Å². The topological polar surface area (TPSA) is 110 Å². The lowest BCUT2D eigenvalue weighted by Crippen LogP contribution is -2.32. The summed E-state index contributed by atoms with van der Waals surface area (Å²) in [5.74, 6) is 5.77. The molecule has 1 aromatic rings. The SMILES string of the molecule is CC(C)C1(CNS(=O)(=O)c2cnc(NN)nc2)CC1. The minimum absolute atomic E-state index is 0.0473. The van der Waals surface area contributed by atoms with Gasteiger partial charge in [-0.2, -0.15) is 0 Å². The minimum Gasteiger partial charge on any atom is -0.292 e. The van der Waals surface area contributed by atoms with Crippen LogP contribution in [0.5, 0.6) is 0 Å². The molecular weight excluding hydrogens is 266 g/mol. The van der Waals surface area contributed by atoms with E-state index in [0.717, 1.165) is 12.8 Å². The van der Waals surface area contributed by atoms with Crippen LogP contribution in [0, 0.1) is 11.3 Å². The molecule has 0 bridgehead atoms. The third-order valence-electron chi connectivity index (χ3n) is 3.80. The number of anilines is 1. The van der Waals surface area contributed by atoms with Gasteiger partial charge in [-0.05, 0) is 24.2 Å². The van der Waals surface area contributed by atoms with Gasteiger partial charge in [-0.25, -0.2) is 29.0 Å². The van der Waals surface area contributed by atoms with Crippen LogP contribution in [0.15, 0.2) is 17.3 Å². The molecule has 0 atom stereocenters. The van der Waals surface area contributed by atoms with Crippen LogP contribution >= 0.6 is 0 Å². The Kier molecular flexibility index (Phi) is 3.75. The highest BCUT2D eigenvalue weighted by Gasteiger charge is 2.45. The van der Waals surface area contributed by atoms with E-state index in [4.69, 9.17) is 5.84 Å². The molecule has 8 heteroatoms. The van der Waals surface area contributed by atoms with Gasteiger partial charge in [0.15, 0.2) is 0 Å². The fourth-order valence-corrected chi connectivity index (χ4v) is 3.00. The first-order valence-corrected chi connectivity index (χ1v) is 7.66. The van der Waals surface area contributed by atoms with E-state index in [1.165, 1.54) is 12.4 Å². The lowest BCUT2D eigenvalue weighted by molar-refractivity contribution is 0.357. The Bertz CT molecular complexity index is 537. The summed E-state index contributed by atoms with van der Waals surface area (Å²) in [6, 6.07) is 0. The highest BCUT2D eigenvalue weighted by molar-refractivity contribution is 7.89. The van der Waals surface area contributed by atoms with Crippen LogP contribution in [-0.4, -0.2) is 24.9 Å². The predicted molar refractivity (Wildman–Crippen MR) is 71.5 cm³/mol. The molecule has 0 spiro atoms. The molecule has 0 saturated heterocycles. The first-order valence-electron chi connectivity index (χ1n) is 6.18. The molecule has 0 radical (unpaired) electrons. The van der Waals surface area contributed by atoms with E-state index in [-0.39, 0.29) is 16.3 Å². The van der Waals surface area contributed by atoms with Gasteiger partial charge in [-0.1, -0.05) is 13.8 Å². The maximum atomic E-state index is 12.1. The first-order chi connectivity index (χ1) is 8.89. The predicted octanol–water partition coefficient (Wildman–Crippen LogP) is 0.477. The van der Waals surface area contributed by atoms with Gasteiger partial charge in [-0.15, -0.1) is 0 Å². The van der Waals surface area contributed by atoms with Crippen LogP contribution in [0.3, 0.4) is 0 Å². The van der Waals surface area contributed by atoms with E-state index in [0.29, 0.717) is 12.5 Å². The number of nitrogens with zero attached hydrogens (tertiary/aromatic N) is 2. The van der Waals surface area contributed by atoms with Gasteiger partial charge in [0.05, 0.1) is 12.4 Å². The quantitative estimate of drug-likeness (QED) is 0.518. The summed E-state index contributed by atoms with van der Waals surface area (Å²) in [6.45, 7) is 4.70. The molecule has 1 aliphatic carbocycles. The van der Waals surface area contributed by atoms with Crippen LogP contribution in [-0.2, 0) is 10.0 Å². The molecular formula is C11H19N5O2S. The van der Waals surface area contributed by atoms with Crippen molar-refractivity contribution in [3.8, 4) is 0 Å². The molecule has 1 aromatic heterocycles. The van der Waals surface area contributed by atoms with Gasteiger partial charge in [0.25, 0.3) is 0 Å². The van der Waals surface area contributed by atoms with E-state index in [1.54, 1.807) is 0 Å². The molecule has 0 amide bonds. The van der Waals surface area contributed by atoms with Crippen LogP contribution in [0.25, 0.3) is 0 Å². The summed E-state index contributed by atoms with van der Waals surface area (Å²) >= 11 is 0. The molecule has 0 aromatic carbocycles. The van der Waals surface area contributed by atoms with Gasteiger partial charge in [-0.3, -0.25) is 5.43 Å². The van der Waals surface area contributed by atoms with Crippen molar-refractivity contribution in [3.63, 3.8) is 0 Å². The highest BCUT2D eigenvalue weighted by Crippen LogP contribution is 2.51. The second-order valence-electron chi connectivity index (χ2n) is 5.23. The fraction of sp³-hybridized carbons (Fsp3) is 0.636. The lowest BCUT2D eigenvalue weighted by atomic mass is 9.93. The van der Waals surface area contributed by atoms with E-state index >= 15 is 0 Å². The van der Waals surface area contributed by atoms with Gasteiger partial charge >= 0.3 is 0 Å². The maximum absolute atomic E-state index is 12.1. The zero-order chi connectivity index (χ0) is 14.1. The molecule has 0 unspecified atom stereocenters. The molecule has 1 saturated carbocycles. The van der Waals surface area contributed by atoms with Crippen LogP contribution in [0.4, 0.5) is 5.95 Å². The number of aromatic nitrogens is 2. The van der Waals surface area contributed by atoms with Crippen LogP contribution in [0.1, 0.15) is 26.7 Å². The zero-order valence-electron chi connectivity index (χ0n) is 11.0. The number of nitrogens with two attached hydrogens (primary N) is 1. The van der Waals surface area contributed by atoms with E-state index in [2.05, 4.69) is 34.0 Å². The Labute approximate surface area is 113 Å². The second-order valence-corrected chi connectivity index (χ2v) is 7.00. The molecule has 0 aliphatic heterocycles. The normalized spacial score (nSPS) is 17.5. The Morgan fingerprint density at radius 2 is 1.95 bits per heavy atom. The molecule has 1 heterocycles. The van der Waals surface area contributed by atoms with Gasteiger partial charge in [0, 0.05) is 6.54 Å². The standard InChI is InChI=1S/C11H19N5O2S/c1-8(2)11(3-4-11)7-15-19(17,18)9-5-13-10(16-12)14-6-9/h5-6,8,15H,3-4,7,12H2,1-2H3,(H,13,14,16). The van der Waals surface area contributed by atoms with Crippen molar-refractivity contribution in [1.82, 2.24) is 14.7 Å². The zero-order valence-corrected chi connectivity index (χ0v) is 11.9. The third kappa shape index (κ3) is 3.02. The Morgan fingerprint density at radius 1 is 1.37 bits per heavy atom. The fourth-order valence-electron chi connectivity index (χ4n) is 1.97. The average molecular weight is 285 g/mol. The number of sulfonamides is 1. The van der Waals surface area contributed by atoms with Crippen molar-refractivity contribution >= 4 is 16.0 Å². The molecule has 1 aliphatic rings. The van der Waals surface area contributed by atoms with Crippen molar-refractivity contribution < 1.29 is 8.42 Å². The van der Waals surface area contributed by atoms with Gasteiger partial charge < -0.3 is 0 Å². The molecule has 106 valence electrons. The van der Waals surface area contributed by atoms with Gasteiger partial charge in [0.1, 0.15) is 4.90 Å². The summed E-state index contributed by atoms with van der Waals surface area (Å²) in [6.07, 6.45) is 4.61. The minimum atomic E-state index is -3.56. The van der Waals surface area contributed by atoms with E-state index < -0.39 is 10.0 Å². The second kappa shape index (κ2) is 5.03. The average Bonchev–Trinajstić information content (AvgIpc) is 3.18. The summed E-state index contributed by atoms with van der Waals surface area (Å²) < 4.78 is 26.8. The highest BCUT2D eigenvalue weighted by atomic mass is 32.2. The third-order valence-corrected chi connectivity index (χ3v) is 5.15. The van der Waals surface area contributed by atoms with E-state index in [9.17, 15) is 8.42 Å². The molecule has 1 fully saturated rings. The first kappa shape index (κ1) is 14.2. The van der Waals surface area contributed by atoms with E-state index in [1.807, 2.05) is 0 Å².